The average Bonchev–Trinajstić information content (AvgIpc) is 2.39. The molecule has 0 atom stereocenters. The highest BCUT2D eigenvalue weighted by atomic mass is 32.1. The molecule has 0 aliphatic carbocycles. The number of hydrogen-bond donors (Lipinski definition) is 2. The molecule has 102 valence electrons. The third-order valence-corrected chi connectivity index (χ3v) is 2.60. The Morgan fingerprint density at radius 3 is 2.58 bits per heavy atom. The largest absolute Gasteiger partial charge is 0.378 e. The molecular formula is C14H20N4S. The Kier molecular flexibility index (Phi) is 6.60. The summed E-state index contributed by atoms with van der Waals surface area (Å²) in [5.74, 6) is 0. The number of hydrazone groups is 1. The highest BCUT2D eigenvalue weighted by molar-refractivity contribution is 7.80. The summed E-state index contributed by atoms with van der Waals surface area (Å²) >= 11 is 4.97. The maximum Gasteiger partial charge on any atom is 0.186 e. The van der Waals surface area contributed by atoms with Gasteiger partial charge in [0.25, 0.3) is 0 Å². The quantitative estimate of drug-likeness (QED) is 0.491. The van der Waals surface area contributed by atoms with Crippen LogP contribution >= 0.6 is 12.2 Å². The molecule has 19 heavy (non-hydrogen) atoms. The fourth-order valence-electron chi connectivity index (χ4n) is 1.38. The summed E-state index contributed by atoms with van der Waals surface area (Å²) in [4.78, 5) is 2.07. The Morgan fingerprint density at radius 1 is 1.32 bits per heavy atom. The summed E-state index contributed by atoms with van der Waals surface area (Å²) in [7, 11) is 4.05. The molecule has 1 rings (SSSR count). The second-order valence-electron chi connectivity index (χ2n) is 4.09. The topological polar surface area (TPSA) is 39.7 Å². The summed E-state index contributed by atoms with van der Waals surface area (Å²) in [6.07, 6.45) is 5.52. The minimum atomic E-state index is 0.530. The Labute approximate surface area is 120 Å². The van der Waals surface area contributed by atoms with Crippen molar-refractivity contribution in [2.45, 2.75) is 6.92 Å². The van der Waals surface area contributed by atoms with Crippen LogP contribution in [0.2, 0.25) is 0 Å². The van der Waals surface area contributed by atoms with Crippen LogP contribution in [0.1, 0.15) is 12.5 Å². The lowest BCUT2D eigenvalue weighted by molar-refractivity contribution is 0.904. The van der Waals surface area contributed by atoms with Gasteiger partial charge in [0.15, 0.2) is 5.11 Å². The SMILES string of the molecule is CCNC(=S)N/N=C\C=C\c1ccc(N(C)C)cc1. The van der Waals surface area contributed by atoms with Crippen molar-refractivity contribution in [2.24, 2.45) is 5.10 Å². The minimum Gasteiger partial charge on any atom is -0.378 e. The molecule has 0 aliphatic heterocycles. The van der Waals surface area contributed by atoms with Crippen LogP contribution in [0.15, 0.2) is 35.4 Å². The lowest BCUT2D eigenvalue weighted by Crippen LogP contribution is -2.31. The van der Waals surface area contributed by atoms with Crippen LogP contribution in [0.25, 0.3) is 6.08 Å². The molecule has 4 nitrogen and oxygen atoms in total. The smallest absolute Gasteiger partial charge is 0.186 e. The van der Waals surface area contributed by atoms with E-state index in [4.69, 9.17) is 12.2 Å². The van der Waals surface area contributed by atoms with Crippen molar-refractivity contribution in [1.82, 2.24) is 10.7 Å². The van der Waals surface area contributed by atoms with Gasteiger partial charge in [0.1, 0.15) is 0 Å². The van der Waals surface area contributed by atoms with Crippen LogP contribution in [0.4, 0.5) is 5.69 Å². The van der Waals surface area contributed by atoms with E-state index < -0.39 is 0 Å². The van der Waals surface area contributed by atoms with Crippen LogP contribution in [-0.4, -0.2) is 32.0 Å². The normalized spacial score (nSPS) is 10.9. The van der Waals surface area contributed by atoms with Crippen LogP contribution in [0, 0.1) is 0 Å². The van der Waals surface area contributed by atoms with E-state index in [1.807, 2.05) is 33.2 Å². The first kappa shape index (κ1) is 15.2. The van der Waals surface area contributed by atoms with E-state index in [1.165, 1.54) is 5.69 Å². The Balaban J connectivity index is 2.44. The molecular weight excluding hydrogens is 256 g/mol. The molecule has 0 saturated heterocycles. The van der Waals surface area contributed by atoms with Crippen molar-refractivity contribution in [3.63, 3.8) is 0 Å². The molecule has 5 heteroatoms. The number of nitrogens with zero attached hydrogens (tertiary/aromatic N) is 2. The zero-order valence-corrected chi connectivity index (χ0v) is 12.4. The summed E-state index contributed by atoms with van der Waals surface area (Å²) in [6, 6.07) is 8.29. The van der Waals surface area contributed by atoms with Crippen molar-refractivity contribution in [2.75, 3.05) is 25.5 Å². The van der Waals surface area contributed by atoms with Gasteiger partial charge in [0.2, 0.25) is 0 Å². The number of hydrogen-bond acceptors (Lipinski definition) is 3. The molecule has 0 aromatic heterocycles. The van der Waals surface area contributed by atoms with E-state index in [1.54, 1.807) is 6.21 Å². The maximum absolute atomic E-state index is 4.97. The highest BCUT2D eigenvalue weighted by Crippen LogP contribution is 2.12. The van der Waals surface area contributed by atoms with Gasteiger partial charge in [0, 0.05) is 32.5 Å². The Bertz CT molecular complexity index is 449. The molecule has 0 aliphatic rings. The zero-order chi connectivity index (χ0) is 14.1. The Hall–Kier alpha value is -1.88. The molecule has 0 saturated carbocycles. The maximum atomic E-state index is 4.97. The second kappa shape index (κ2) is 8.26. The van der Waals surface area contributed by atoms with E-state index in [0.29, 0.717) is 5.11 Å². The van der Waals surface area contributed by atoms with E-state index in [9.17, 15) is 0 Å². The number of benzene rings is 1. The molecule has 1 aromatic carbocycles. The van der Waals surface area contributed by atoms with Gasteiger partial charge in [-0.05, 0) is 42.9 Å². The Morgan fingerprint density at radius 2 is 2.00 bits per heavy atom. The summed E-state index contributed by atoms with van der Waals surface area (Å²) in [6.45, 7) is 2.77. The van der Waals surface area contributed by atoms with E-state index >= 15 is 0 Å². The van der Waals surface area contributed by atoms with Crippen LogP contribution < -0.4 is 15.6 Å². The predicted molar refractivity (Wildman–Crippen MR) is 87.7 cm³/mol. The molecule has 2 N–H and O–H groups in total. The fourth-order valence-corrected chi connectivity index (χ4v) is 1.57. The molecule has 0 bridgehead atoms. The van der Waals surface area contributed by atoms with Crippen molar-refractivity contribution >= 4 is 35.3 Å². The van der Waals surface area contributed by atoms with Gasteiger partial charge in [-0.2, -0.15) is 5.10 Å². The molecule has 0 amide bonds. The number of thiocarbonyl (C=S) groups is 1. The van der Waals surface area contributed by atoms with Gasteiger partial charge in [-0.15, -0.1) is 0 Å². The standard InChI is InChI=1S/C14H20N4S/c1-4-15-14(19)17-16-11-5-6-12-7-9-13(10-8-12)18(2)3/h5-11H,4H2,1-3H3,(H2,15,17,19)/b6-5+,16-11-. The summed E-state index contributed by atoms with van der Waals surface area (Å²) in [5, 5.41) is 7.46. The van der Waals surface area contributed by atoms with E-state index in [-0.39, 0.29) is 0 Å². The van der Waals surface area contributed by atoms with Gasteiger partial charge in [-0.1, -0.05) is 18.2 Å². The second-order valence-corrected chi connectivity index (χ2v) is 4.50. The zero-order valence-electron chi connectivity index (χ0n) is 11.6. The first-order valence-electron chi connectivity index (χ1n) is 6.14. The van der Waals surface area contributed by atoms with Crippen molar-refractivity contribution < 1.29 is 0 Å². The number of nitrogens with one attached hydrogen (secondary N) is 2. The van der Waals surface area contributed by atoms with Crippen LogP contribution in [0.5, 0.6) is 0 Å². The van der Waals surface area contributed by atoms with Crippen LogP contribution in [-0.2, 0) is 0 Å². The number of rotatable bonds is 5. The lowest BCUT2D eigenvalue weighted by Gasteiger charge is -2.11. The minimum absolute atomic E-state index is 0.530. The van der Waals surface area contributed by atoms with Gasteiger partial charge < -0.3 is 10.2 Å². The van der Waals surface area contributed by atoms with Crippen molar-refractivity contribution in [1.29, 1.82) is 0 Å². The van der Waals surface area contributed by atoms with Crippen molar-refractivity contribution in [3.8, 4) is 0 Å². The molecule has 0 fully saturated rings. The summed E-state index contributed by atoms with van der Waals surface area (Å²) in [5.41, 5.74) is 5.04. The van der Waals surface area contributed by atoms with Gasteiger partial charge in [0.05, 0.1) is 0 Å². The molecule has 0 radical (unpaired) electrons. The molecule has 0 heterocycles. The first-order chi connectivity index (χ1) is 9.13. The third kappa shape index (κ3) is 6.01. The van der Waals surface area contributed by atoms with Gasteiger partial charge in [-0.3, -0.25) is 5.43 Å². The number of anilines is 1. The van der Waals surface area contributed by atoms with Crippen LogP contribution in [0.3, 0.4) is 0 Å². The predicted octanol–water partition coefficient (Wildman–Crippen LogP) is 2.24. The van der Waals surface area contributed by atoms with E-state index in [2.05, 4.69) is 45.0 Å². The van der Waals surface area contributed by atoms with Gasteiger partial charge >= 0.3 is 0 Å². The lowest BCUT2D eigenvalue weighted by atomic mass is 10.2. The average molecular weight is 276 g/mol. The highest BCUT2D eigenvalue weighted by Gasteiger charge is 1.92. The third-order valence-electron chi connectivity index (χ3n) is 2.36. The fraction of sp³-hybridized carbons (Fsp3) is 0.286. The molecule has 0 unspecified atom stereocenters. The first-order valence-corrected chi connectivity index (χ1v) is 6.55. The summed E-state index contributed by atoms with van der Waals surface area (Å²) < 4.78 is 0. The van der Waals surface area contributed by atoms with E-state index in [0.717, 1.165) is 12.1 Å². The van der Waals surface area contributed by atoms with Crippen molar-refractivity contribution in [3.05, 3.63) is 35.9 Å². The van der Waals surface area contributed by atoms with Gasteiger partial charge in [-0.25, -0.2) is 0 Å². The monoisotopic (exact) mass is 276 g/mol. The molecule has 1 aromatic rings. The molecule has 0 spiro atoms. The number of allylic oxidation sites excluding steroid dienone is 1.